The van der Waals surface area contributed by atoms with Crippen LogP contribution in [0.4, 0.5) is 18.3 Å². The van der Waals surface area contributed by atoms with Gasteiger partial charge in [-0.25, -0.2) is 18.7 Å². The van der Waals surface area contributed by atoms with Gasteiger partial charge in [-0.2, -0.15) is 4.39 Å². The Morgan fingerprint density at radius 3 is 2.47 bits per heavy atom. The molecule has 8 heteroatoms. The fourth-order valence-corrected chi connectivity index (χ4v) is 3.49. The van der Waals surface area contributed by atoms with Gasteiger partial charge in [0.05, 0.1) is 4.88 Å². The minimum atomic E-state index is -2.35. The molecule has 2 heterocycles. The maximum Gasteiger partial charge on any atom is 0.263 e. The van der Waals surface area contributed by atoms with Gasteiger partial charge < -0.3 is 11.1 Å². The third-order valence-corrected chi connectivity index (χ3v) is 5.23. The number of hydrogen-bond donors (Lipinski definition) is 2. The van der Waals surface area contributed by atoms with Gasteiger partial charge in [0.25, 0.3) is 6.43 Å². The lowest BCUT2D eigenvalue weighted by Gasteiger charge is -2.01. The van der Waals surface area contributed by atoms with Crippen molar-refractivity contribution >= 4 is 27.2 Å². The zero-order valence-electron chi connectivity index (χ0n) is 16.3. The first-order chi connectivity index (χ1) is 14.5. The smallest absolute Gasteiger partial charge is 0.263 e. The molecule has 0 unspecified atom stereocenters. The van der Waals surface area contributed by atoms with Gasteiger partial charge in [0.2, 0.25) is 5.95 Å². The Labute approximate surface area is 176 Å². The molecule has 4 rings (SSSR count). The third-order valence-electron chi connectivity index (χ3n) is 4.23. The zero-order valence-corrected chi connectivity index (χ0v) is 17.1. The molecule has 4 aromatic rings. The predicted molar refractivity (Wildman–Crippen MR) is 116 cm³/mol. The summed E-state index contributed by atoms with van der Waals surface area (Å²) in [5, 5.41) is 5.73. The number of nitrogens with one attached hydrogen (secondary N) is 1. The van der Waals surface area contributed by atoms with Crippen LogP contribution in [0.15, 0.2) is 60.9 Å². The first-order valence-corrected chi connectivity index (χ1v) is 10.1. The molecule has 0 bridgehead atoms. The van der Waals surface area contributed by atoms with Crippen LogP contribution in [0.25, 0.3) is 21.2 Å². The van der Waals surface area contributed by atoms with Gasteiger partial charge in [0, 0.05) is 42.5 Å². The number of alkyl halides is 2. The van der Waals surface area contributed by atoms with E-state index in [1.165, 1.54) is 24.4 Å². The molecule has 156 valence electrons. The van der Waals surface area contributed by atoms with E-state index in [-0.39, 0.29) is 5.56 Å². The van der Waals surface area contributed by atoms with E-state index in [4.69, 9.17) is 5.73 Å². The Balaban J connectivity index is 0.000000216. The molecule has 30 heavy (non-hydrogen) atoms. The number of pyridine rings is 1. The summed E-state index contributed by atoms with van der Waals surface area (Å²) in [5.74, 6) is -0.468. The Bertz CT molecular complexity index is 1100. The number of aromatic nitrogens is 2. The van der Waals surface area contributed by atoms with Crippen LogP contribution in [-0.2, 0) is 0 Å². The second-order valence-electron chi connectivity index (χ2n) is 6.53. The van der Waals surface area contributed by atoms with Crippen LogP contribution in [0.5, 0.6) is 0 Å². The van der Waals surface area contributed by atoms with Gasteiger partial charge >= 0.3 is 0 Å². The summed E-state index contributed by atoms with van der Waals surface area (Å²) in [6.45, 7) is 3.13. The number of hydrogen-bond acceptors (Lipinski definition) is 5. The summed E-state index contributed by atoms with van der Waals surface area (Å²) < 4.78 is 37.0. The van der Waals surface area contributed by atoms with E-state index >= 15 is 0 Å². The van der Waals surface area contributed by atoms with Gasteiger partial charge in [0.15, 0.2) is 5.13 Å². The molecule has 0 amide bonds. The van der Waals surface area contributed by atoms with Crippen molar-refractivity contribution in [3.8, 4) is 10.4 Å². The average Bonchev–Trinajstić information content (AvgIpc) is 3.21. The van der Waals surface area contributed by atoms with Gasteiger partial charge in [-0.3, -0.25) is 0 Å². The van der Waals surface area contributed by atoms with Crippen LogP contribution < -0.4 is 11.1 Å². The van der Waals surface area contributed by atoms with Crippen LogP contribution in [-0.4, -0.2) is 23.1 Å². The van der Waals surface area contributed by atoms with E-state index in [2.05, 4.69) is 15.3 Å². The molecule has 0 saturated heterocycles. The van der Waals surface area contributed by atoms with Crippen molar-refractivity contribution in [1.82, 2.24) is 9.97 Å². The molecule has 2 aromatic heterocycles. The van der Waals surface area contributed by atoms with Crippen molar-refractivity contribution in [2.24, 2.45) is 5.73 Å². The first-order valence-electron chi connectivity index (χ1n) is 9.26. The van der Waals surface area contributed by atoms with Crippen LogP contribution in [0.3, 0.4) is 0 Å². The number of rotatable bonds is 5. The summed E-state index contributed by atoms with van der Waals surface area (Å²) in [6, 6.07) is 13.6. The Kier molecular flexibility index (Phi) is 7.37. The van der Waals surface area contributed by atoms with E-state index in [0.29, 0.717) is 13.1 Å². The largest absolute Gasteiger partial charge is 0.360 e. The van der Waals surface area contributed by atoms with E-state index in [1.54, 1.807) is 23.5 Å². The molecule has 0 aliphatic rings. The quantitative estimate of drug-likeness (QED) is 0.393. The summed E-state index contributed by atoms with van der Waals surface area (Å²) in [5.41, 5.74) is 7.55. The van der Waals surface area contributed by atoms with Crippen molar-refractivity contribution in [1.29, 1.82) is 0 Å². The summed E-state index contributed by atoms with van der Waals surface area (Å²) in [4.78, 5) is 8.97. The summed E-state index contributed by atoms with van der Waals surface area (Å²) >= 11 is 1.55. The van der Waals surface area contributed by atoms with Crippen molar-refractivity contribution < 1.29 is 13.2 Å². The maximum absolute atomic E-state index is 13.2. The lowest BCUT2D eigenvalue weighted by molar-refractivity contribution is 0.151. The monoisotopic (exact) mass is 430 g/mol. The number of halogens is 3. The molecule has 0 atom stereocenters. The number of nitrogens with zero attached hydrogens (tertiary/aromatic N) is 2. The average molecular weight is 430 g/mol. The Hall–Kier alpha value is -2.97. The number of anilines is 1. The summed E-state index contributed by atoms with van der Waals surface area (Å²) in [6.07, 6.45) is 0.998. The van der Waals surface area contributed by atoms with Crippen molar-refractivity contribution in [3.63, 3.8) is 0 Å². The molecule has 0 aliphatic carbocycles. The number of fused-ring (bicyclic) bond motifs is 1. The Morgan fingerprint density at radius 1 is 1.00 bits per heavy atom. The normalized spacial score (nSPS) is 10.7. The van der Waals surface area contributed by atoms with Crippen LogP contribution in [0.1, 0.15) is 17.6 Å². The minimum Gasteiger partial charge on any atom is -0.360 e. The molecule has 0 spiro atoms. The lowest BCUT2D eigenvalue weighted by Crippen LogP contribution is -2.12. The first kappa shape index (κ1) is 21.7. The molecule has 0 fully saturated rings. The second-order valence-corrected chi connectivity index (χ2v) is 7.56. The SMILES string of the molecule is Cc1ccc(C(F)F)cc1.NCCNc1ncc(-c2ccc3cnc(F)cc3c2)s1. The lowest BCUT2D eigenvalue weighted by atomic mass is 10.1. The highest BCUT2D eigenvalue weighted by atomic mass is 32.1. The van der Waals surface area contributed by atoms with E-state index in [1.807, 2.05) is 31.3 Å². The van der Waals surface area contributed by atoms with Gasteiger partial charge in [-0.1, -0.05) is 53.3 Å². The van der Waals surface area contributed by atoms with Gasteiger partial charge in [-0.05, 0) is 23.9 Å². The maximum atomic E-state index is 13.2. The molecule has 2 aromatic carbocycles. The second kappa shape index (κ2) is 10.2. The molecular weight excluding hydrogens is 409 g/mol. The molecule has 0 radical (unpaired) electrons. The van der Waals surface area contributed by atoms with E-state index in [0.717, 1.165) is 31.9 Å². The highest BCUT2D eigenvalue weighted by Gasteiger charge is 2.06. The van der Waals surface area contributed by atoms with Gasteiger partial charge in [-0.15, -0.1) is 0 Å². The van der Waals surface area contributed by atoms with Gasteiger partial charge in [0.1, 0.15) is 0 Å². The fraction of sp³-hybridized carbons (Fsp3) is 0.182. The van der Waals surface area contributed by atoms with Crippen molar-refractivity contribution in [3.05, 3.63) is 78.0 Å². The fourth-order valence-electron chi connectivity index (χ4n) is 2.65. The predicted octanol–water partition coefficient (Wildman–Crippen LogP) is 5.80. The van der Waals surface area contributed by atoms with Crippen molar-refractivity contribution in [2.75, 3.05) is 18.4 Å². The third kappa shape index (κ3) is 5.77. The van der Waals surface area contributed by atoms with Crippen LogP contribution in [0, 0.1) is 12.9 Å². The molecule has 3 N–H and O–H groups in total. The highest BCUT2D eigenvalue weighted by Crippen LogP contribution is 2.31. The van der Waals surface area contributed by atoms with Crippen LogP contribution in [0.2, 0.25) is 0 Å². The number of benzene rings is 2. The number of nitrogens with two attached hydrogens (primary N) is 1. The number of aryl methyl sites for hydroxylation is 1. The van der Waals surface area contributed by atoms with E-state index in [9.17, 15) is 13.2 Å². The molecule has 0 saturated carbocycles. The number of thiazole rings is 1. The molecule has 0 aliphatic heterocycles. The highest BCUT2D eigenvalue weighted by molar-refractivity contribution is 7.18. The zero-order chi connectivity index (χ0) is 21.5. The minimum absolute atomic E-state index is 0.0885. The standard InChI is InChI=1S/C14H13FN4S.C8H8F2/c15-13-6-11-5-9(1-2-10(11)7-18-13)12-8-19-14(20-12)17-4-3-16;1-6-2-4-7(5-3-6)8(9)10/h1-2,5-8H,3-4,16H2,(H,17,19);2-5,8H,1H3. The van der Waals surface area contributed by atoms with Crippen LogP contribution >= 0.6 is 11.3 Å². The molecular formula is C22H21F3N4S. The molecule has 4 nitrogen and oxygen atoms in total. The Morgan fingerprint density at radius 2 is 1.77 bits per heavy atom. The topological polar surface area (TPSA) is 63.8 Å². The van der Waals surface area contributed by atoms with E-state index < -0.39 is 12.4 Å². The summed E-state index contributed by atoms with van der Waals surface area (Å²) in [7, 11) is 0. The van der Waals surface area contributed by atoms with Crippen molar-refractivity contribution in [2.45, 2.75) is 13.3 Å².